The Balaban J connectivity index is 4.12. The van der Waals surface area contributed by atoms with Gasteiger partial charge >= 0.3 is 11.9 Å². The fourth-order valence-electron chi connectivity index (χ4n) is 8.05. The van der Waals surface area contributed by atoms with Crippen LogP contribution in [0.5, 0.6) is 0 Å². The van der Waals surface area contributed by atoms with Crippen molar-refractivity contribution in [2.75, 3.05) is 19.8 Å². The van der Waals surface area contributed by atoms with Gasteiger partial charge in [-0.05, 0) is 57.8 Å². The summed E-state index contributed by atoms with van der Waals surface area (Å²) >= 11 is 0. The number of hydrogen-bond donors (Lipinski definition) is 0. The summed E-state index contributed by atoms with van der Waals surface area (Å²) in [5, 5.41) is 0. The smallest absolute Gasteiger partial charge is 0.306 e. The van der Waals surface area contributed by atoms with Gasteiger partial charge in [0.2, 0.25) is 0 Å². The molecule has 0 N–H and O–H groups in total. The zero-order valence-corrected chi connectivity index (χ0v) is 41.9. The third kappa shape index (κ3) is 50.8. The molecular weight excluding hydrogens is 765 g/mol. The van der Waals surface area contributed by atoms with Crippen LogP contribution in [0, 0.1) is 0 Å². The van der Waals surface area contributed by atoms with E-state index in [0.29, 0.717) is 19.4 Å². The van der Waals surface area contributed by atoms with E-state index in [1.54, 1.807) is 0 Å². The maximum absolute atomic E-state index is 12.8. The zero-order valence-electron chi connectivity index (χ0n) is 41.9. The van der Waals surface area contributed by atoms with Crippen molar-refractivity contribution >= 4 is 11.9 Å². The zero-order chi connectivity index (χ0) is 44.9. The van der Waals surface area contributed by atoms with Crippen molar-refractivity contribution in [2.24, 2.45) is 0 Å². The highest BCUT2D eigenvalue weighted by Gasteiger charge is 2.17. The fraction of sp³-hybridized carbons (Fsp3) is 0.860. The van der Waals surface area contributed by atoms with E-state index in [-0.39, 0.29) is 25.2 Å². The number of hydrogen-bond acceptors (Lipinski definition) is 5. The van der Waals surface area contributed by atoms with Crippen molar-refractivity contribution in [1.82, 2.24) is 0 Å². The molecule has 0 aliphatic carbocycles. The molecule has 0 saturated carbocycles. The second-order valence-corrected chi connectivity index (χ2v) is 18.5. The minimum atomic E-state index is -0.534. The van der Waals surface area contributed by atoms with Crippen LogP contribution in [0.4, 0.5) is 0 Å². The lowest BCUT2D eigenvalue weighted by atomic mass is 10.0. The van der Waals surface area contributed by atoms with Crippen LogP contribution >= 0.6 is 0 Å². The quantitative estimate of drug-likeness (QED) is 0.0346. The van der Waals surface area contributed by atoms with Gasteiger partial charge in [-0.3, -0.25) is 9.59 Å². The lowest BCUT2D eigenvalue weighted by Gasteiger charge is -2.18. The van der Waals surface area contributed by atoms with Gasteiger partial charge in [-0.25, -0.2) is 0 Å². The fourth-order valence-corrected chi connectivity index (χ4v) is 8.05. The van der Waals surface area contributed by atoms with E-state index in [4.69, 9.17) is 14.2 Å². The summed E-state index contributed by atoms with van der Waals surface area (Å²) in [6.45, 7) is 7.82. The van der Waals surface area contributed by atoms with Crippen LogP contribution in [-0.4, -0.2) is 37.9 Å². The summed E-state index contributed by atoms with van der Waals surface area (Å²) in [4.78, 5) is 25.4. The molecule has 0 heterocycles. The molecule has 5 nitrogen and oxygen atoms in total. The number of rotatable bonds is 51. The van der Waals surface area contributed by atoms with E-state index in [2.05, 4.69) is 57.2 Å². The molecule has 0 fully saturated rings. The summed E-state index contributed by atoms with van der Waals surface area (Å²) in [6, 6.07) is 0. The molecule has 0 amide bonds. The minimum Gasteiger partial charge on any atom is -0.462 e. The molecule has 0 saturated heterocycles. The van der Waals surface area contributed by atoms with Gasteiger partial charge in [0, 0.05) is 19.4 Å². The van der Waals surface area contributed by atoms with Gasteiger partial charge in [-0.2, -0.15) is 0 Å². The van der Waals surface area contributed by atoms with Crippen LogP contribution in [-0.2, 0) is 23.8 Å². The van der Waals surface area contributed by atoms with E-state index in [9.17, 15) is 9.59 Å². The average Bonchev–Trinajstić information content (AvgIpc) is 3.27. The molecule has 0 bridgehead atoms. The standard InChI is InChI=1S/C57H106O5/c1-4-7-10-13-16-19-21-23-25-27-29-31-33-35-37-39-41-44-47-50-56(58)61-54-55(53-60-52-49-46-43-18-15-12-9-6-3)62-57(59)51-48-45-42-40-38-36-34-32-30-28-26-24-22-20-17-14-11-8-5-2/h16,19,23,25,29,31,55H,4-15,17-18,20-22,24,26-28,30,32-54H2,1-3H3/b19-16-,25-23-,31-29-. The Morgan fingerprint density at radius 2 is 0.677 bits per heavy atom. The average molecular weight is 871 g/mol. The number of carbonyl (C=O) groups is 2. The molecule has 5 heteroatoms. The van der Waals surface area contributed by atoms with Crippen LogP contribution in [0.3, 0.4) is 0 Å². The van der Waals surface area contributed by atoms with Gasteiger partial charge in [-0.15, -0.1) is 0 Å². The number of allylic oxidation sites excluding steroid dienone is 6. The maximum atomic E-state index is 12.8. The van der Waals surface area contributed by atoms with Crippen molar-refractivity contribution in [3.8, 4) is 0 Å². The first-order valence-corrected chi connectivity index (χ1v) is 27.5. The predicted molar refractivity (Wildman–Crippen MR) is 270 cm³/mol. The Hall–Kier alpha value is -1.88. The summed E-state index contributed by atoms with van der Waals surface area (Å²) in [5.74, 6) is -0.396. The van der Waals surface area contributed by atoms with Gasteiger partial charge < -0.3 is 14.2 Å². The van der Waals surface area contributed by atoms with Crippen molar-refractivity contribution in [2.45, 2.75) is 297 Å². The maximum Gasteiger partial charge on any atom is 0.306 e. The molecule has 0 aliphatic heterocycles. The van der Waals surface area contributed by atoms with Gasteiger partial charge in [0.1, 0.15) is 6.61 Å². The largest absolute Gasteiger partial charge is 0.462 e. The van der Waals surface area contributed by atoms with Crippen LogP contribution in [0.2, 0.25) is 0 Å². The van der Waals surface area contributed by atoms with E-state index < -0.39 is 6.10 Å². The molecule has 0 rings (SSSR count). The number of carbonyl (C=O) groups excluding carboxylic acids is 2. The molecule has 0 aromatic rings. The summed E-state index contributed by atoms with van der Waals surface area (Å²) in [5.41, 5.74) is 0. The molecule has 0 aliphatic rings. The highest BCUT2D eigenvalue weighted by Crippen LogP contribution is 2.16. The summed E-state index contributed by atoms with van der Waals surface area (Å²) in [6.07, 6.45) is 64.5. The Morgan fingerprint density at radius 3 is 1.11 bits per heavy atom. The molecule has 1 atom stereocenters. The van der Waals surface area contributed by atoms with Crippen LogP contribution < -0.4 is 0 Å². The van der Waals surface area contributed by atoms with Crippen molar-refractivity contribution < 1.29 is 23.8 Å². The molecule has 0 radical (unpaired) electrons. The lowest BCUT2D eigenvalue weighted by molar-refractivity contribution is -0.163. The van der Waals surface area contributed by atoms with Crippen LogP contribution in [0.25, 0.3) is 0 Å². The van der Waals surface area contributed by atoms with E-state index in [0.717, 1.165) is 64.2 Å². The van der Waals surface area contributed by atoms with Crippen LogP contribution in [0.1, 0.15) is 290 Å². The van der Waals surface area contributed by atoms with Crippen molar-refractivity contribution in [1.29, 1.82) is 0 Å². The van der Waals surface area contributed by atoms with Gasteiger partial charge in [0.15, 0.2) is 6.10 Å². The Labute approximate surface area is 387 Å². The first kappa shape index (κ1) is 60.1. The molecule has 0 aromatic heterocycles. The van der Waals surface area contributed by atoms with E-state index >= 15 is 0 Å². The monoisotopic (exact) mass is 871 g/mol. The Bertz CT molecular complexity index is 986. The molecular formula is C57H106O5. The van der Waals surface area contributed by atoms with Crippen LogP contribution in [0.15, 0.2) is 36.5 Å². The predicted octanol–water partition coefficient (Wildman–Crippen LogP) is 18.6. The highest BCUT2D eigenvalue weighted by atomic mass is 16.6. The summed E-state index contributed by atoms with van der Waals surface area (Å²) in [7, 11) is 0. The highest BCUT2D eigenvalue weighted by molar-refractivity contribution is 5.70. The molecule has 0 aromatic carbocycles. The molecule has 62 heavy (non-hydrogen) atoms. The first-order chi connectivity index (χ1) is 30.6. The van der Waals surface area contributed by atoms with Crippen molar-refractivity contribution in [3.05, 3.63) is 36.5 Å². The molecule has 364 valence electrons. The number of ether oxygens (including phenoxy) is 3. The third-order valence-electron chi connectivity index (χ3n) is 12.2. The minimum absolute atomic E-state index is 0.0840. The Morgan fingerprint density at radius 1 is 0.355 bits per heavy atom. The second-order valence-electron chi connectivity index (χ2n) is 18.5. The number of unbranched alkanes of at least 4 members (excludes halogenated alkanes) is 34. The lowest BCUT2D eigenvalue weighted by Crippen LogP contribution is -2.30. The SMILES string of the molecule is CCCCC/C=C\C/C=C\C/C=C\CCCCCCCCC(=O)OCC(COCCCCCCCCCC)OC(=O)CCCCCCCCCCCCCCCCCCCCC. The molecule has 1 unspecified atom stereocenters. The Kier molecular flexibility index (Phi) is 51.8. The third-order valence-corrected chi connectivity index (χ3v) is 12.2. The van der Waals surface area contributed by atoms with Gasteiger partial charge in [-0.1, -0.05) is 256 Å². The van der Waals surface area contributed by atoms with Gasteiger partial charge in [0.25, 0.3) is 0 Å². The van der Waals surface area contributed by atoms with Gasteiger partial charge in [0.05, 0.1) is 6.61 Å². The number of esters is 2. The second kappa shape index (κ2) is 53.5. The molecule has 0 spiro atoms. The first-order valence-electron chi connectivity index (χ1n) is 27.5. The topological polar surface area (TPSA) is 61.8 Å². The van der Waals surface area contributed by atoms with E-state index in [1.807, 2.05) is 0 Å². The van der Waals surface area contributed by atoms with Crippen molar-refractivity contribution in [3.63, 3.8) is 0 Å². The van der Waals surface area contributed by atoms with E-state index in [1.165, 1.54) is 193 Å². The summed E-state index contributed by atoms with van der Waals surface area (Å²) < 4.78 is 17.4. The normalized spacial score (nSPS) is 12.4.